The molecule has 0 saturated heterocycles. The Bertz CT molecular complexity index is 1800. The van der Waals surface area contributed by atoms with Crippen molar-refractivity contribution in [2.24, 2.45) is 0 Å². The van der Waals surface area contributed by atoms with E-state index in [-0.39, 0.29) is 16.2 Å². The number of nitrogens with one attached hydrogen (secondary N) is 1. The minimum atomic E-state index is -0.0556. The highest BCUT2D eigenvalue weighted by Crippen LogP contribution is 2.53. The molecule has 1 nitrogen and oxygen atoms in total. The number of hydrogen-bond donors (Lipinski definition) is 1. The molecule has 42 heavy (non-hydrogen) atoms. The van der Waals surface area contributed by atoms with Gasteiger partial charge in [-0.3, -0.25) is 0 Å². The Balaban J connectivity index is 1.38. The van der Waals surface area contributed by atoms with Gasteiger partial charge in [0.05, 0.1) is 0 Å². The third-order valence-electron chi connectivity index (χ3n) is 10.2. The second kappa shape index (κ2) is 9.46. The van der Waals surface area contributed by atoms with Gasteiger partial charge in [0.25, 0.3) is 0 Å². The molecule has 0 bridgehead atoms. The van der Waals surface area contributed by atoms with Crippen LogP contribution in [0.4, 0.5) is 11.4 Å². The van der Waals surface area contributed by atoms with E-state index in [0.717, 1.165) is 11.4 Å². The zero-order chi connectivity index (χ0) is 29.3. The Hall–Kier alpha value is -4.10. The standard InChI is InChI=1S/C41H41N/c1-39(2)22-23-40(3,4)37-24-29(18-21-35(37)39)32-25-33-31-14-10-11-15-34(31)41(5,6)36(33)26-38(32)42-30-19-16-28(17-20-30)27-12-8-7-9-13-27/h7-21,24-26,42H,22-23H2,1-6H3. The van der Waals surface area contributed by atoms with Gasteiger partial charge in [0, 0.05) is 22.4 Å². The van der Waals surface area contributed by atoms with Crippen LogP contribution in [0.3, 0.4) is 0 Å². The third kappa shape index (κ3) is 4.29. The van der Waals surface area contributed by atoms with Crippen LogP contribution >= 0.6 is 0 Å². The van der Waals surface area contributed by atoms with E-state index in [1.165, 1.54) is 68.5 Å². The summed E-state index contributed by atoms with van der Waals surface area (Å²) >= 11 is 0. The Morgan fingerprint density at radius 3 is 1.81 bits per heavy atom. The van der Waals surface area contributed by atoms with E-state index in [4.69, 9.17) is 0 Å². The van der Waals surface area contributed by atoms with E-state index in [1.807, 2.05) is 0 Å². The summed E-state index contributed by atoms with van der Waals surface area (Å²) < 4.78 is 0. The Morgan fingerprint density at radius 2 is 1.07 bits per heavy atom. The molecule has 2 aliphatic rings. The number of anilines is 2. The second-order valence-corrected chi connectivity index (χ2v) is 14.2. The summed E-state index contributed by atoms with van der Waals surface area (Å²) in [6.45, 7) is 14.4. The molecule has 5 aromatic carbocycles. The molecular formula is C41H41N. The minimum Gasteiger partial charge on any atom is -0.355 e. The van der Waals surface area contributed by atoms with Crippen molar-refractivity contribution < 1.29 is 0 Å². The fourth-order valence-electron chi connectivity index (χ4n) is 7.38. The number of rotatable bonds is 4. The van der Waals surface area contributed by atoms with Gasteiger partial charge in [-0.25, -0.2) is 0 Å². The molecule has 0 spiro atoms. The molecule has 5 aromatic rings. The van der Waals surface area contributed by atoms with Gasteiger partial charge in [-0.05, 0) is 98.0 Å². The fourth-order valence-corrected chi connectivity index (χ4v) is 7.38. The van der Waals surface area contributed by atoms with Crippen LogP contribution < -0.4 is 5.32 Å². The number of benzene rings is 5. The molecule has 0 aliphatic heterocycles. The normalized spacial score (nSPS) is 17.2. The molecule has 0 aromatic heterocycles. The van der Waals surface area contributed by atoms with Crippen molar-refractivity contribution in [3.63, 3.8) is 0 Å². The van der Waals surface area contributed by atoms with Gasteiger partial charge in [0.2, 0.25) is 0 Å². The van der Waals surface area contributed by atoms with Crippen LogP contribution in [-0.4, -0.2) is 0 Å². The van der Waals surface area contributed by atoms with Crippen LogP contribution in [0.1, 0.15) is 76.6 Å². The molecule has 0 amide bonds. The summed E-state index contributed by atoms with van der Waals surface area (Å²) in [6.07, 6.45) is 2.43. The molecule has 0 fully saturated rings. The summed E-state index contributed by atoms with van der Waals surface area (Å²) in [7, 11) is 0. The maximum Gasteiger partial charge on any atom is 0.0467 e. The Morgan fingerprint density at radius 1 is 0.452 bits per heavy atom. The first-order valence-electron chi connectivity index (χ1n) is 15.4. The first-order valence-corrected chi connectivity index (χ1v) is 15.4. The fraction of sp³-hybridized carbons (Fsp3) is 0.268. The third-order valence-corrected chi connectivity index (χ3v) is 10.2. The van der Waals surface area contributed by atoms with Crippen molar-refractivity contribution in [2.45, 2.75) is 70.6 Å². The lowest BCUT2D eigenvalue weighted by molar-refractivity contribution is 0.332. The van der Waals surface area contributed by atoms with Crippen molar-refractivity contribution in [1.82, 2.24) is 0 Å². The molecule has 7 rings (SSSR count). The van der Waals surface area contributed by atoms with E-state index in [9.17, 15) is 0 Å². The smallest absolute Gasteiger partial charge is 0.0467 e. The lowest BCUT2D eigenvalue weighted by atomic mass is 9.63. The first kappa shape index (κ1) is 26.8. The lowest BCUT2D eigenvalue weighted by Crippen LogP contribution is -2.33. The molecule has 0 heterocycles. The summed E-state index contributed by atoms with van der Waals surface area (Å²) in [6, 6.07) is 40.5. The van der Waals surface area contributed by atoms with E-state index < -0.39 is 0 Å². The van der Waals surface area contributed by atoms with Crippen molar-refractivity contribution in [1.29, 1.82) is 0 Å². The molecule has 0 atom stereocenters. The van der Waals surface area contributed by atoms with Gasteiger partial charge in [0.15, 0.2) is 0 Å². The molecule has 0 unspecified atom stereocenters. The second-order valence-electron chi connectivity index (χ2n) is 14.2. The molecule has 1 N–H and O–H groups in total. The SMILES string of the molecule is CC1(C)CCC(C)(C)c2cc(-c3cc4c(cc3Nc3ccc(-c5ccccc5)cc3)C(C)(C)c3ccccc3-4)ccc21. The highest BCUT2D eigenvalue weighted by atomic mass is 14.9. The molecule has 0 radical (unpaired) electrons. The van der Waals surface area contributed by atoms with Crippen molar-refractivity contribution in [2.75, 3.05) is 5.32 Å². The highest BCUT2D eigenvalue weighted by molar-refractivity contribution is 5.91. The van der Waals surface area contributed by atoms with Crippen LogP contribution in [-0.2, 0) is 16.2 Å². The maximum atomic E-state index is 3.86. The summed E-state index contributed by atoms with van der Waals surface area (Å²) in [5.74, 6) is 0. The van der Waals surface area contributed by atoms with Gasteiger partial charge in [0.1, 0.15) is 0 Å². The molecule has 210 valence electrons. The molecular weight excluding hydrogens is 506 g/mol. The van der Waals surface area contributed by atoms with Crippen molar-refractivity contribution in [3.8, 4) is 33.4 Å². The zero-order valence-corrected chi connectivity index (χ0v) is 25.8. The van der Waals surface area contributed by atoms with E-state index in [1.54, 1.807) is 0 Å². The number of hydrogen-bond acceptors (Lipinski definition) is 1. The van der Waals surface area contributed by atoms with Gasteiger partial charge >= 0.3 is 0 Å². The van der Waals surface area contributed by atoms with E-state index >= 15 is 0 Å². The lowest BCUT2D eigenvalue weighted by Gasteiger charge is -2.42. The van der Waals surface area contributed by atoms with Gasteiger partial charge in [-0.15, -0.1) is 0 Å². The summed E-state index contributed by atoms with van der Waals surface area (Å²) in [4.78, 5) is 0. The molecule has 2 aliphatic carbocycles. The average Bonchev–Trinajstić information content (AvgIpc) is 3.21. The molecule has 0 saturated carbocycles. The van der Waals surface area contributed by atoms with Crippen LogP contribution in [0.15, 0.2) is 109 Å². The largest absolute Gasteiger partial charge is 0.355 e. The zero-order valence-electron chi connectivity index (χ0n) is 25.8. The van der Waals surface area contributed by atoms with Crippen molar-refractivity contribution >= 4 is 11.4 Å². The Labute approximate surface area is 251 Å². The van der Waals surface area contributed by atoms with Crippen molar-refractivity contribution in [3.05, 3.63) is 131 Å². The van der Waals surface area contributed by atoms with Gasteiger partial charge < -0.3 is 5.32 Å². The summed E-state index contributed by atoms with van der Waals surface area (Å²) in [5.41, 5.74) is 16.1. The van der Waals surface area contributed by atoms with E-state index in [0.29, 0.717) is 0 Å². The van der Waals surface area contributed by atoms with E-state index in [2.05, 4.69) is 156 Å². The Kier molecular flexibility index (Phi) is 6.03. The van der Waals surface area contributed by atoms with Crippen LogP contribution in [0.2, 0.25) is 0 Å². The van der Waals surface area contributed by atoms with Crippen LogP contribution in [0.25, 0.3) is 33.4 Å². The van der Waals surface area contributed by atoms with Gasteiger partial charge in [-0.1, -0.05) is 126 Å². The first-order chi connectivity index (χ1) is 20.0. The predicted octanol–water partition coefficient (Wildman–Crippen LogP) is 11.4. The average molecular weight is 548 g/mol. The van der Waals surface area contributed by atoms with Gasteiger partial charge in [-0.2, -0.15) is 0 Å². The topological polar surface area (TPSA) is 12.0 Å². The monoisotopic (exact) mass is 547 g/mol. The molecule has 1 heteroatoms. The van der Waals surface area contributed by atoms with Crippen LogP contribution in [0.5, 0.6) is 0 Å². The predicted molar refractivity (Wildman–Crippen MR) is 180 cm³/mol. The van der Waals surface area contributed by atoms with Crippen LogP contribution in [0, 0.1) is 0 Å². The number of fused-ring (bicyclic) bond motifs is 4. The maximum absolute atomic E-state index is 3.86. The quantitative estimate of drug-likeness (QED) is 0.236. The summed E-state index contributed by atoms with van der Waals surface area (Å²) in [5, 5.41) is 3.86. The minimum absolute atomic E-state index is 0.0556. The highest BCUT2D eigenvalue weighted by Gasteiger charge is 2.38.